The Labute approximate surface area is 246 Å². The van der Waals surface area contributed by atoms with Crippen LogP contribution in [0.1, 0.15) is 73.9 Å². The first-order valence-electron chi connectivity index (χ1n) is 14.0. The lowest BCUT2D eigenvalue weighted by Gasteiger charge is -2.20. The molecule has 3 aromatic carbocycles. The van der Waals surface area contributed by atoms with E-state index in [4.69, 9.17) is 19.9 Å². The third kappa shape index (κ3) is 8.70. The fraction of sp³-hybridized carbons (Fsp3) is 0.438. The van der Waals surface area contributed by atoms with Crippen LogP contribution in [0.4, 0.5) is 5.69 Å². The number of rotatable bonds is 15. The average molecular weight is 614 g/mol. The summed E-state index contributed by atoms with van der Waals surface area (Å²) in [5, 5.41) is 2.12. The fourth-order valence-corrected chi connectivity index (χ4v) is 4.99. The molecule has 0 aliphatic heterocycles. The van der Waals surface area contributed by atoms with Crippen LogP contribution in [0.25, 0.3) is 10.8 Å². The van der Waals surface area contributed by atoms with Gasteiger partial charge in [-0.3, -0.25) is 9.69 Å². The van der Waals surface area contributed by atoms with E-state index in [0.29, 0.717) is 35.5 Å². The molecule has 0 saturated heterocycles. The minimum Gasteiger partial charge on any atom is -0.497 e. The second-order valence-corrected chi connectivity index (χ2v) is 10.8. The van der Waals surface area contributed by atoms with Crippen LogP contribution in [0.5, 0.6) is 5.75 Å². The van der Waals surface area contributed by atoms with E-state index in [1.165, 1.54) is 0 Å². The topological polar surface area (TPSA) is 91.1 Å². The number of hydrogen-bond acceptors (Lipinski definition) is 7. The molecule has 3 rings (SSSR count). The first-order chi connectivity index (χ1) is 19.3. The second-order valence-electron chi connectivity index (χ2n) is 9.90. The van der Waals surface area contributed by atoms with Gasteiger partial charge >= 0.3 is 11.9 Å². The van der Waals surface area contributed by atoms with Crippen molar-refractivity contribution in [1.29, 1.82) is 0 Å². The van der Waals surface area contributed by atoms with Gasteiger partial charge in [0.1, 0.15) is 5.75 Å². The zero-order valence-electron chi connectivity index (χ0n) is 24.0. The number of benzene rings is 3. The van der Waals surface area contributed by atoms with Gasteiger partial charge in [0.05, 0.1) is 37.5 Å². The van der Waals surface area contributed by atoms with E-state index in [-0.39, 0.29) is 17.9 Å². The average Bonchev–Trinajstić information content (AvgIpc) is 2.97. The van der Waals surface area contributed by atoms with Crippen molar-refractivity contribution in [3.05, 3.63) is 69.7 Å². The Kier molecular flexibility index (Phi) is 12.3. The summed E-state index contributed by atoms with van der Waals surface area (Å²) in [4.78, 5) is 27.4. The molecule has 0 bridgehead atoms. The first-order valence-corrected chi connectivity index (χ1v) is 14.8. The third-order valence-corrected chi connectivity index (χ3v) is 7.84. The summed E-state index contributed by atoms with van der Waals surface area (Å²) in [5.74, 6) is -0.109. The zero-order valence-corrected chi connectivity index (χ0v) is 25.6. The van der Waals surface area contributed by atoms with Crippen molar-refractivity contribution in [2.75, 3.05) is 39.1 Å². The highest BCUT2D eigenvalue weighted by molar-refractivity contribution is 9.10. The van der Waals surface area contributed by atoms with Crippen LogP contribution in [-0.4, -0.2) is 50.3 Å². The minimum atomic E-state index is -0.350. The number of fused-ring (bicyclic) bond motifs is 1. The van der Waals surface area contributed by atoms with Gasteiger partial charge in [0, 0.05) is 11.0 Å². The first kappa shape index (κ1) is 31.4. The van der Waals surface area contributed by atoms with Crippen LogP contribution in [-0.2, 0) is 20.8 Å². The van der Waals surface area contributed by atoms with Crippen molar-refractivity contribution in [2.24, 2.45) is 0 Å². The molecule has 0 heterocycles. The normalized spacial score (nSPS) is 11.9. The molecule has 0 aliphatic rings. The number of methoxy groups -OCH3 is 1. The Morgan fingerprint density at radius 2 is 1.55 bits per heavy atom. The van der Waals surface area contributed by atoms with E-state index in [1.54, 1.807) is 13.2 Å². The summed E-state index contributed by atoms with van der Waals surface area (Å²) in [5.41, 5.74) is 9.21. The number of carbonyl (C=O) groups is 2. The molecule has 0 amide bonds. The molecule has 1 atom stereocenters. The number of nitrogen functional groups attached to an aromatic ring is 1. The molecule has 0 aromatic heterocycles. The highest BCUT2D eigenvalue weighted by atomic mass is 79.9. The van der Waals surface area contributed by atoms with Crippen molar-refractivity contribution >= 4 is 44.3 Å². The van der Waals surface area contributed by atoms with Gasteiger partial charge < -0.3 is 19.9 Å². The molecule has 216 valence electrons. The maximum absolute atomic E-state index is 12.6. The lowest BCUT2D eigenvalue weighted by Crippen LogP contribution is -2.23. The minimum absolute atomic E-state index is 0.225. The van der Waals surface area contributed by atoms with Crippen LogP contribution >= 0.6 is 15.9 Å². The summed E-state index contributed by atoms with van der Waals surface area (Å²) in [6.07, 6.45) is 3.29. The highest BCUT2D eigenvalue weighted by Crippen LogP contribution is 2.28. The number of esters is 2. The fourth-order valence-electron chi connectivity index (χ4n) is 4.49. The summed E-state index contributed by atoms with van der Waals surface area (Å²) in [7, 11) is 1.65. The second kappa shape index (κ2) is 15.6. The van der Waals surface area contributed by atoms with Crippen molar-refractivity contribution in [3.63, 3.8) is 0 Å². The van der Waals surface area contributed by atoms with Gasteiger partial charge in [-0.1, -0.05) is 38.1 Å². The van der Waals surface area contributed by atoms with Crippen LogP contribution in [0.3, 0.4) is 0 Å². The molecular formula is C32H41BrN2O5. The lowest BCUT2D eigenvalue weighted by atomic mass is 9.98. The van der Waals surface area contributed by atoms with Gasteiger partial charge in [-0.2, -0.15) is 0 Å². The Hall–Kier alpha value is -3.10. The van der Waals surface area contributed by atoms with Gasteiger partial charge in [-0.25, -0.2) is 4.79 Å². The zero-order chi connectivity index (χ0) is 29.1. The number of unbranched alkanes of at least 4 members (excludes halogenated alkanes) is 3. The number of anilines is 1. The molecule has 8 heteroatoms. The maximum atomic E-state index is 12.6. The number of carbonyl (C=O) groups excluding carboxylic acids is 2. The Bertz CT molecular complexity index is 1290. The van der Waals surface area contributed by atoms with Crippen LogP contribution < -0.4 is 10.5 Å². The Morgan fingerprint density at radius 3 is 2.23 bits per heavy atom. The molecule has 0 radical (unpaired) electrons. The van der Waals surface area contributed by atoms with E-state index < -0.39 is 0 Å². The summed E-state index contributed by atoms with van der Waals surface area (Å²) < 4.78 is 17.0. The van der Waals surface area contributed by atoms with Crippen molar-refractivity contribution in [2.45, 2.75) is 58.9 Å². The van der Waals surface area contributed by atoms with Crippen molar-refractivity contribution in [3.8, 4) is 5.75 Å². The Morgan fingerprint density at radius 1 is 0.900 bits per heavy atom. The summed E-state index contributed by atoms with van der Waals surface area (Å²) >= 11 is 3.47. The van der Waals surface area contributed by atoms with Crippen LogP contribution in [0.15, 0.2) is 53.0 Å². The number of ether oxygens (including phenoxy) is 3. The summed E-state index contributed by atoms with van der Waals surface area (Å²) in [6, 6.07) is 15.4. The lowest BCUT2D eigenvalue weighted by molar-refractivity contribution is -0.145. The highest BCUT2D eigenvalue weighted by Gasteiger charge is 2.17. The quantitative estimate of drug-likeness (QED) is 0.111. The largest absolute Gasteiger partial charge is 0.497 e. The molecular weight excluding hydrogens is 572 g/mol. The van der Waals surface area contributed by atoms with E-state index in [1.807, 2.05) is 49.4 Å². The van der Waals surface area contributed by atoms with Gasteiger partial charge in [-0.05, 0) is 108 Å². The standard InChI is InChI=1S/C32H41BrN2O5/c1-5-35(6-2)21-27-18-26(20-29(33)30(27)34)32(37)40-16-10-8-7-9-15-39-31(36)22(3)23-11-12-25-19-28(38-4)14-13-24(25)17-23/h11-14,17-20,22H,5-10,15-16,21,34H2,1-4H3. The number of nitrogens with two attached hydrogens (primary N) is 1. The van der Waals surface area contributed by atoms with E-state index >= 15 is 0 Å². The summed E-state index contributed by atoms with van der Waals surface area (Å²) in [6.45, 7) is 9.28. The van der Waals surface area contributed by atoms with Gasteiger partial charge in [0.25, 0.3) is 0 Å². The van der Waals surface area contributed by atoms with Gasteiger partial charge in [0.2, 0.25) is 0 Å². The molecule has 40 heavy (non-hydrogen) atoms. The number of hydrogen-bond donors (Lipinski definition) is 1. The van der Waals surface area contributed by atoms with E-state index in [2.05, 4.69) is 34.7 Å². The van der Waals surface area contributed by atoms with Gasteiger partial charge in [-0.15, -0.1) is 0 Å². The van der Waals surface area contributed by atoms with E-state index in [9.17, 15) is 9.59 Å². The number of nitrogens with zero attached hydrogens (tertiary/aromatic N) is 1. The molecule has 0 fully saturated rings. The maximum Gasteiger partial charge on any atom is 0.338 e. The molecule has 0 spiro atoms. The van der Waals surface area contributed by atoms with E-state index in [0.717, 1.165) is 66.4 Å². The Balaban J connectivity index is 1.35. The molecule has 2 N–H and O–H groups in total. The molecule has 0 saturated carbocycles. The molecule has 1 unspecified atom stereocenters. The van der Waals surface area contributed by atoms with Crippen molar-refractivity contribution < 1.29 is 23.8 Å². The van der Waals surface area contributed by atoms with Crippen LogP contribution in [0.2, 0.25) is 0 Å². The predicted molar refractivity (Wildman–Crippen MR) is 164 cm³/mol. The van der Waals surface area contributed by atoms with Crippen molar-refractivity contribution in [1.82, 2.24) is 4.90 Å². The molecule has 3 aromatic rings. The SMILES string of the molecule is CCN(CC)Cc1cc(C(=O)OCCCCCCOC(=O)C(C)c2ccc3cc(OC)ccc3c2)cc(Br)c1N. The number of halogens is 1. The predicted octanol–water partition coefficient (Wildman–Crippen LogP) is 7.10. The smallest absolute Gasteiger partial charge is 0.338 e. The molecule has 0 aliphatic carbocycles. The van der Waals surface area contributed by atoms with Gasteiger partial charge in [0.15, 0.2) is 0 Å². The third-order valence-electron chi connectivity index (χ3n) is 7.18. The van der Waals surface area contributed by atoms with Crippen LogP contribution in [0, 0.1) is 0 Å². The molecule has 7 nitrogen and oxygen atoms in total. The monoisotopic (exact) mass is 612 g/mol.